The maximum Gasteiger partial charge on any atom is 0.435 e. The van der Waals surface area contributed by atoms with Gasteiger partial charge in [0.2, 0.25) is 0 Å². The van der Waals surface area contributed by atoms with Gasteiger partial charge in [0.25, 0.3) is 5.91 Å². The van der Waals surface area contributed by atoms with Crippen molar-refractivity contribution in [1.82, 2.24) is 9.78 Å². The van der Waals surface area contributed by atoms with Crippen LogP contribution in [0, 0.1) is 5.82 Å². The molecule has 0 aliphatic carbocycles. The zero-order valence-corrected chi connectivity index (χ0v) is 15.6. The SMILES string of the molecule is Cn1nc(C(F)(F)F)c(C(N)=O)c1-c1ccc(F)cc1-c1cccc(Cl)c1Cl. The van der Waals surface area contributed by atoms with E-state index in [1.807, 2.05) is 0 Å². The van der Waals surface area contributed by atoms with E-state index in [2.05, 4.69) is 5.10 Å². The molecule has 0 saturated carbocycles. The molecule has 0 fully saturated rings. The Hall–Kier alpha value is -2.58. The number of alkyl halides is 3. The number of nitrogens with two attached hydrogens (primary N) is 1. The third-order valence-corrected chi connectivity index (χ3v) is 4.86. The maximum absolute atomic E-state index is 14.0. The summed E-state index contributed by atoms with van der Waals surface area (Å²) >= 11 is 12.2. The van der Waals surface area contributed by atoms with Gasteiger partial charge in [-0.1, -0.05) is 35.3 Å². The number of amides is 1. The number of primary amides is 1. The molecule has 0 saturated heterocycles. The van der Waals surface area contributed by atoms with Crippen molar-refractivity contribution in [3.63, 3.8) is 0 Å². The average Bonchev–Trinajstić information content (AvgIpc) is 2.95. The maximum atomic E-state index is 14.0. The summed E-state index contributed by atoms with van der Waals surface area (Å²) in [5.41, 5.74) is 3.25. The third-order valence-electron chi connectivity index (χ3n) is 4.04. The number of hydrogen-bond donors (Lipinski definition) is 1. The number of halogens is 6. The second kappa shape index (κ2) is 7.10. The van der Waals surface area contributed by atoms with Crippen LogP contribution in [0.4, 0.5) is 17.6 Å². The van der Waals surface area contributed by atoms with E-state index in [1.165, 1.54) is 25.2 Å². The van der Waals surface area contributed by atoms with E-state index in [9.17, 15) is 22.4 Å². The molecular formula is C18H11Cl2F4N3O. The standard InChI is InChI=1S/C18H11Cl2F4N3O/c1-27-15(13(17(25)28)16(26-27)18(22,23)24)10-6-5-8(21)7-11(10)9-3-2-4-12(19)14(9)20/h2-7H,1H3,(H2,25,28). The molecule has 3 aromatic rings. The lowest BCUT2D eigenvalue weighted by molar-refractivity contribution is -0.141. The Morgan fingerprint density at radius 2 is 1.79 bits per heavy atom. The van der Waals surface area contributed by atoms with Crippen molar-refractivity contribution in [2.24, 2.45) is 12.8 Å². The van der Waals surface area contributed by atoms with Crippen molar-refractivity contribution < 1.29 is 22.4 Å². The summed E-state index contributed by atoms with van der Waals surface area (Å²) in [5, 5.41) is 3.67. The molecule has 0 unspecified atom stereocenters. The normalized spacial score (nSPS) is 11.7. The molecule has 2 N–H and O–H groups in total. The molecule has 1 heterocycles. The number of benzene rings is 2. The Morgan fingerprint density at radius 1 is 1.11 bits per heavy atom. The lowest BCUT2D eigenvalue weighted by atomic mass is 9.94. The summed E-state index contributed by atoms with van der Waals surface area (Å²) in [6.45, 7) is 0. The van der Waals surface area contributed by atoms with Crippen molar-refractivity contribution in [1.29, 1.82) is 0 Å². The molecule has 10 heteroatoms. The topological polar surface area (TPSA) is 60.9 Å². The third kappa shape index (κ3) is 3.45. The Bertz CT molecular complexity index is 1090. The molecule has 3 rings (SSSR count). The van der Waals surface area contributed by atoms with Crippen LogP contribution in [0.5, 0.6) is 0 Å². The van der Waals surface area contributed by atoms with Crippen LogP contribution in [-0.2, 0) is 13.2 Å². The predicted molar refractivity (Wildman–Crippen MR) is 97.6 cm³/mol. The fraction of sp³-hybridized carbons (Fsp3) is 0.111. The Balaban J connectivity index is 2.40. The summed E-state index contributed by atoms with van der Waals surface area (Å²) in [6.07, 6.45) is -4.91. The van der Waals surface area contributed by atoms with Crippen LogP contribution >= 0.6 is 23.2 Å². The van der Waals surface area contributed by atoms with Gasteiger partial charge in [0.1, 0.15) is 5.82 Å². The summed E-state index contributed by atoms with van der Waals surface area (Å²) in [7, 11) is 1.23. The Morgan fingerprint density at radius 3 is 2.39 bits per heavy atom. The van der Waals surface area contributed by atoms with E-state index in [0.717, 1.165) is 16.8 Å². The smallest absolute Gasteiger partial charge is 0.365 e. The van der Waals surface area contributed by atoms with Crippen molar-refractivity contribution >= 4 is 29.1 Å². The lowest BCUT2D eigenvalue weighted by Crippen LogP contribution is -2.18. The molecule has 0 atom stereocenters. The number of aromatic nitrogens is 2. The van der Waals surface area contributed by atoms with E-state index in [1.54, 1.807) is 6.07 Å². The van der Waals surface area contributed by atoms with Crippen LogP contribution in [-0.4, -0.2) is 15.7 Å². The summed E-state index contributed by atoms with van der Waals surface area (Å²) < 4.78 is 54.9. The van der Waals surface area contributed by atoms with E-state index in [0.29, 0.717) is 0 Å². The van der Waals surface area contributed by atoms with Crippen molar-refractivity contribution in [2.75, 3.05) is 0 Å². The number of carbonyl (C=O) groups excluding carboxylic acids is 1. The molecule has 1 aromatic heterocycles. The molecule has 4 nitrogen and oxygen atoms in total. The number of nitrogens with zero attached hydrogens (tertiary/aromatic N) is 2. The summed E-state index contributed by atoms with van der Waals surface area (Å²) in [6, 6.07) is 7.94. The van der Waals surface area contributed by atoms with E-state index >= 15 is 0 Å². The van der Waals surface area contributed by atoms with Gasteiger partial charge in [-0.15, -0.1) is 0 Å². The highest BCUT2D eigenvalue weighted by Gasteiger charge is 2.41. The highest BCUT2D eigenvalue weighted by molar-refractivity contribution is 6.43. The quantitative estimate of drug-likeness (QED) is 0.570. The van der Waals surface area contributed by atoms with Gasteiger partial charge in [0.05, 0.1) is 21.3 Å². The molecule has 0 radical (unpaired) electrons. The highest BCUT2D eigenvalue weighted by atomic mass is 35.5. The van der Waals surface area contributed by atoms with Gasteiger partial charge in [-0.3, -0.25) is 9.48 Å². The zero-order chi connectivity index (χ0) is 20.8. The molecule has 0 aliphatic heterocycles. The van der Waals surface area contributed by atoms with Crippen LogP contribution in [0.1, 0.15) is 16.1 Å². The molecule has 146 valence electrons. The van der Waals surface area contributed by atoms with Crippen LogP contribution < -0.4 is 5.73 Å². The van der Waals surface area contributed by atoms with Crippen LogP contribution in [0.15, 0.2) is 36.4 Å². The minimum absolute atomic E-state index is 0.0786. The average molecular weight is 432 g/mol. The van der Waals surface area contributed by atoms with Gasteiger partial charge >= 0.3 is 6.18 Å². The molecule has 28 heavy (non-hydrogen) atoms. The summed E-state index contributed by atoms with van der Waals surface area (Å²) in [4.78, 5) is 11.9. The lowest BCUT2D eigenvalue weighted by Gasteiger charge is -2.14. The minimum Gasteiger partial charge on any atom is -0.365 e. The monoisotopic (exact) mass is 431 g/mol. The molecule has 1 amide bonds. The summed E-state index contributed by atoms with van der Waals surface area (Å²) in [5.74, 6) is -1.98. The Labute approximate surface area is 166 Å². The zero-order valence-electron chi connectivity index (χ0n) is 14.1. The van der Waals surface area contributed by atoms with Crippen molar-refractivity contribution in [3.8, 4) is 22.4 Å². The number of aryl methyl sites for hydroxylation is 1. The van der Waals surface area contributed by atoms with Gasteiger partial charge in [-0.25, -0.2) is 4.39 Å². The molecule has 2 aromatic carbocycles. The number of carbonyl (C=O) groups is 1. The van der Waals surface area contributed by atoms with E-state index in [-0.39, 0.29) is 32.4 Å². The predicted octanol–water partition coefficient (Wildman–Crippen LogP) is 5.32. The fourth-order valence-corrected chi connectivity index (χ4v) is 3.32. The first-order valence-corrected chi connectivity index (χ1v) is 8.46. The first-order valence-electron chi connectivity index (χ1n) is 7.70. The van der Waals surface area contributed by atoms with Gasteiger partial charge in [0.15, 0.2) is 5.69 Å². The fourth-order valence-electron chi connectivity index (χ4n) is 2.92. The van der Waals surface area contributed by atoms with Crippen LogP contribution in [0.3, 0.4) is 0 Å². The largest absolute Gasteiger partial charge is 0.435 e. The molecule has 0 spiro atoms. The van der Waals surface area contributed by atoms with E-state index in [4.69, 9.17) is 28.9 Å². The van der Waals surface area contributed by atoms with E-state index < -0.39 is 29.2 Å². The number of rotatable bonds is 3. The van der Waals surface area contributed by atoms with Crippen molar-refractivity contribution in [3.05, 3.63) is 63.5 Å². The van der Waals surface area contributed by atoms with Crippen LogP contribution in [0.2, 0.25) is 10.0 Å². The van der Waals surface area contributed by atoms with Gasteiger partial charge in [-0.2, -0.15) is 18.3 Å². The number of hydrogen-bond acceptors (Lipinski definition) is 2. The molecule has 0 bridgehead atoms. The van der Waals surface area contributed by atoms with Gasteiger partial charge in [-0.05, 0) is 29.8 Å². The van der Waals surface area contributed by atoms with Gasteiger partial charge in [0, 0.05) is 18.2 Å². The second-order valence-corrected chi connectivity index (χ2v) is 6.63. The molecule has 0 aliphatic rings. The first kappa shape index (κ1) is 20.2. The molecular weight excluding hydrogens is 421 g/mol. The highest BCUT2D eigenvalue weighted by Crippen LogP contribution is 2.42. The second-order valence-electron chi connectivity index (χ2n) is 5.85. The first-order chi connectivity index (χ1) is 13.0. The minimum atomic E-state index is -4.91. The van der Waals surface area contributed by atoms with Gasteiger partial charge < -0.3 is 5.73 Å². The Kier molecular flexibility index (Phi) is 5.12. The van der Waals surface area contributed by atoms with Crippen molar-refractivity contribution in [2.45, 2.75) is 6.18 Å². The van der Waals surface area contributed by atoms with Crippen LogP contribution in [0.25, 0.3) is 22.4 Å².